The zero-order valence-corrected chi connectivity index (χ0v) is 39.1. The molecule has 6 nitrogen and oxygen atoms in total. The van der Waals surface area contributed by atoms with Crippen molar-refractivity contribution >= 4 is 17.9 Å². The van der Waals surface area contributed by atoms with Crippen molar-refractivity contribution in [3.63, 3.8) is 0 Å². The standard InChI is InChI=1S/C52H98O6/c1-4-7-10-13-16-19-22-24-25-26-27-29-30-33-36-39-42-45-51(54)57-48-49(47-56-50(53)44-41-38-35-32-21-18-15-12-9-6-3)58-52(55)46-43-40-37-34-31-28-23-20-17-14-11-8-5-2/h24-25,49H,4-23,26-48H2,1-3H3/b25-24-/t49-/m1/s1. The molecule has 0 aliphatic rings. The average Bonchev–Trinajstić information content (AvgIpc) is 3.22. The van der Waals surface area contributed by atoms with Crippen molar-refractivity contribution in [3.8, 4) is 0 Å². The number of hydrogen-bond acceptors (Lipinski definition) is 6. The number of hydrogen-bond donors (Lipinski definition) is 0. The molecule has 0 rings (SSSR count). The fourth-order valence-corrected chi connectivity index (χ4v) is 7.61. The Morgan fingerprint density at radius 3 is 0.862 bits per heavy atom. The molecule has 0 fully saturated rings. The summed E-state index contributed by atoms with van der Waals surface area (Å²) in [6.45, 7) is 6.65. The molecule has 0 heterocycles. The minimum atomic E-state index is -0.763. The third-order valence-electron chi connectivity index (χ3n) is 11.5. The molecule has 0 spiro atoms. The normalized spacial score (nSPS) is 12.0. The summed E-state index contributed by atoms with van der Waals surface area (Å²) < 4.78 is 16.8. The first-order valence-corrected chi connectivity index (χ1v) is 25.7. The molecule has 0 aromatic rings. The van der Waals surface area contributed by atoms with E-state index in [9.17, 15) is 14.4 Å². The van der Waals surface area contributed by atoms with Crippen LogP contribution in [0.1, 0.15) is 284 Å². The number of allylic oxidation sites excluding steroid dienone is 2. The zero-order chi connectivity index (χ0) is 42.3. The van der Waals surface area contributed by atoms with Crippen LogP contribution in [0.4, 0.5) is 0 Å². The van der Waals surface area contributed by atoms with E-state index in [4.69, 9.17) is 14.2 Å². The molecule has 0 aliphatic carbocycles. The maximum atomic E-state index is 12.8. The first-order valence-electron chi connectivity index (χ1n) is 25.7. The molecule has 0 unspecified atom stereocenters. The Bertz CT molecular complexity index is 900. The molecule has 6 heteroatoms. The summed E-state index contributed by atoms with van der Waals surface area (Å²) in [4.78, 5) is 37.9. The van der Waals surface area contributed by atoms with Crippen molar-refractivity contribution in [1.29, 1.82) is 0 Å². The first-order chi connectivity index (χ1) is 28.5. The van der Waals surface area contributed by atoms with Crippen molar-refractivity contribution in [2.45, 2.75) is 290 Å². The molecule has 342 valence electrons. The Balaban J connectivity index is 4.29. The smallest absolute Gasteiger partial charge is 0.306 e. The van der Waals surface area contributed by atoms with Crippen LogP contribution < -0.4 is 0 Å². The van der Waals surface area contributed by atoms with Crippen LogP contribution in [0.15, 0.2) is 12.2 Å². The molecule has 58 heavy (non-hydrogen) atoms. The van der Waals surface area contributed by atoms with Gasteiger partial charge in [-0.25, -0.2) is 0 Å². The van der Waals surface area contributed by atoms with E-state index >= 15 is 0 Å². The van der Waals surface area contributed by atoms with E-state index in [2.05, 4.69) is 32.9 Å². The number of carbonyl (C=O) groups excluding carboxylic acids is 3. The van der Waals surface area contributed by atoms with E-state index in [1.165, 1.54) is 186 Å². The predicted molar refractivity (Wildman–Crippen MR) is 247 cm³/mol. The maximum absolute atomic E-state index is 12.8. The van der Waals surface area contributed by atoms with Gasteiger partial charge in [0.25, 0.3) is 0 Å². The van der Waals surface area contributed by atoms with Crippen molar-refractivity contribution in [2.75, 3.05) is 13.2 Å². The van der Waals surface area contributed by atoms with Gasteiger partial charge in [0.2, 0.25) is 0 Å². The number of rotatable bonds is 47. The molecular weight excluding hydrogens is 721 g/mol. The summed E-state index contributed by atoms with van der Waals surface area (Å²) in [7, 11) is 0. The van der Waals surface area contributed by atoms with Crippen LogP contribution in [0.2, 0.25) is 0 Å². The van der Waals surface area contributed by atoms with Crippen LogP contribution in [-0.4, -0.2) is 37.2 Å². The highest BCUT2D eigenvalue weighted by atomic mass is 16.6. The summed E-state index contributed by atoms with van der Waals surface area (Å²) in [6.07, 6.45) is 51.9. The van der Waals surface area contributed by atoms with Gasteiger partial charge in [0.05, 0.1) is 0 Å². The van der Waals surface area contributed by atoms with Gasteiger partial charge in [-0.05, 0) is 44.9 Å². The van der Waals surface area contributed by atoms with Gasteiger partial charge in [0.15, 0.2) is 6.10 Å². The Hall–Kier alpha value is -1.85. The summed E-state index contributed by atoms with van der Waals surface area (Å²) in [6, 6.07) is 0. The summed E-state index contributed by atoms with van der Waals surface area (Å²) in [5.41, 5.74) is 0. The lowest BCUT2D eigenvalue weighted by Gasteiger charge is -2.18. The van der Waals surface area contributed by atoms with Crippen molar-refractivity contribution in [3.05, 3.63) is 12.2 Å². The second-order valence-corrected chi connectivity index (χ2v) is 17.4. The number of esters is 3. The number of ether oxygens (including phenoxy) is 3. The Kier molecular flexibility index (Phi) is 46.3. The third kappa shape index (κ3) is 45.2. The lowest BCUT2D eigenvalue weighted by atomic mass is 10.0. The molecule has 0 N–H and O–H groups in total. The third-order valence-corrected chi connectivity index (χ3v) is 11.5. The van der Waals surface area contributed by atoms with E-state index in [0.29, 0.717) is 19.3 Å². The van der Waals surface area contributed by atoms with Crippen molar-refractivity contribution in [2.24, 2.45) is 0 Å². The summed E-state index contributed by atoms with van der Waals surface area (Å²) in [5, 5.41) is 0. The van der Waals surface area contributed by atoms with E-state index in [0.717, 1.165) is 57.8 Å². The van der Waals surface area contributed by atoms with Gasteiger partial charge in [-0.3, -0.25) is 14.4 Å². The summed E-state index contributed by atoms with van der Waals surface area (Å²) >= 11 is 0. The monoisotopic (exact) mass is 819 g/mol. The highest BCUT2D eigenvalue weighted by Crippen LogP contribution is 2.16. The van der Waals surface area contributed by atoms with Gasteiger partial charge < -0.3 is 14.2 Å². The van der Waals surface area contributed by atoms with Crippen LogP contribution in [0, 0.1) is 0 Å². The van der Waals surface area contributed by atoms with Crippen molar-refractivity contribution in [1.82, 2.24) is 0 Å². The Labute approximate surface area is 360 Å². The Morgan fingerprint density at radius 1 is 0.328 bits per heavy atom. The average molecular weight is 819 g/mol. The molecular formula is C52H98O6. The largest absolute Gasteiger partial charge is 0.462 e. The van der Waals surface area contributed by atoms with Gasteiger partial charge in [-0.1, -0.05) is 232 Å². The lowest BCUT2D eigenvalue weighted by Crippen LogP contribution is -2.30. The predicted octanol–water partition coefficient (Wildman–Crippen LogP) is 16.6. The number of unbranched alkanes of at least 4 members (excludes halogenated alkanes) is 34. The van der Waals surface area contributed by atoms with Crippen LogP contribution in [-0.2, 0) is 28.6 Å². The molecule has 0 amide bonds. The minimum absolute atomic E-state index is 0.0663. The van der Waals surface area contributed by atoms with Crippen LogP contribution in [0.5, 0.6) is 0 Å². The maximum Gasteiger partial charge on any atom is 0.306 e. The second kappa shape index (κ2) is 47.8. The highest BCUT2D eigenvalue weighted by Gasteiger charge is 2.19. The fraction of sp³-hybridized carbons (Fsp3) is 0.904. The van der Waals surface area contributed by atoms with Gasteiger partial charge in [0.1, 0.15) is 13.2 Å². The van der Waals surface area contributed by atoms with Crippen molar-refractivity contribution < 1.29 is 28.6 Å². The summed E-state index contributed by atoms with van der Waals surface area (Å²) in [5.74, 6) is -0.857. The van der Waals surface area contributed by atoms with Crippen LogP contribution in [0.25, 0.3) is 0 Å². The lowest BCUT2D eigenvalue weighted by molar-refractivity contribution is -0.167. The quantitative estimate of drug-likeness (QED) is 0.0263. The van der Waals surface area contributed by atoms with E-state index in [1.54, 1.807) is 0 Å². The SMILES string of the molecule is CCCCCCCC/C=C\CCCCCCCCCC(=O)OC[C@@H](COC(=O)CCCCCCCCCCCC)OC(=O)CCCCCCCCCCCCCCC. The Morgan fingerprint density at radius 2 is 0.569 bits per heavy atom. The van der Waals surface area contributed by atoms with E-state index < -0.39 is 6.10 Å². The highest BCUT2D eigenvalue weighted by molar-refractivity contribution is 5.71. The van der Waals surface area contributed by atoms with Gasteiger partial charge in [0, 0.05) is 19.3 Å². The van der Waals surface area contributed by atoms with Gasteiger partial charge in [-0.15, -0.1) is 0 Å². The molecule has 0 bridgehead atoms. The van der Waals surface area contributed by atoms with Crippen LogP contribution >= 0.6 is 0 Å². The van der Waals surface area contributed by atoms with Crippen LogP contribution in [0.3, 0.4) is 0 Å². The molecule has 0 saturated carbocycles. The van der Waals surface area contributed by atoms with E-state index in [-0.39, 0.29) is 31.1 Å². The topological polar surface area (TPSA) is 78.9 Å². The van der Waals surface area contributed by atoms with Gasteiger partial charge in [-0.2, -0.15) is 0 Å². The van der Waals surface area contributed by atoms with Gasteiger partial charge >= 0.3 is 17.9 Å². The van der Waals surface area contributed by atoms with E-state index in [1.807, 2.05) is 0 Å². The molecule has 0 aromatic heterocycles. The second-order valence-electron chi connectivity index (χ2n) is 17.4. The number of carbonyl (C=O) groups is 3. The molecule has 0 radical (unpaired) electrons. The molecule has 0 aliphatic heterocycles. The first kappa shape index (κ1) is 56.1. The molecule has 0 aromatic carbocycles. The minimum Gasteiger partial charge on any atom is -0.462 e. The molecule has 0 saturated heterocycles. The fourth-order valence-electron chi connectivity index (χ4n) is 7.61. The molecule has 1 atom stereocenters. The zero-order valence-electron chi connectivity index (χ0n) is 39.1.